The van der Waals surface area contributed by atoms with Gasteiger partial charge in [-0.1, -0.05) is 18.2 Å². The molecular formula is C14H20FNO2. The van der Waals surface area contributed by atoms with Gasteiger partial charge in [-0.15, -0.1) is 0 Å². The minimum Gasteiger partial charge on any atom is -0.481 e. The third kappa shape index (κ3) is 2.88. The van der Waals surface area contributed by atoms with Gasteiger partial charge in [0.25, 0.3) is 0 Å². The van der Waals surface area contributed by atoms with Gasteiger partial charge in [0, 0.05) is 17.6 Å². The number of halogens is 1. The number of rotatable bonds is 5. The Morgan fingerprint density at radius 1 is 1.28 bits per heavy atom. The lowest BCUT2D eigenvalue weighted by Gasteiger charge is -2.39. The first-order chi connectivity index (χ1) is 8.18. The topological polar surface area (TPSA) is 49.3 Å². The van der Waals surface area contributed by atoms with Crippen molar-refractivity contribution in [3.05, 3.63) is 35.6 Å². The van der Waals surface area contributed by atoms with Gasteiger partial charge in [0.2, 0.25) is 0 Å². The van der Waals surface area contributed by atoms with Crippen LogP contribution in [0.15, 0.2) is 24.3 Å². The molecule has 1 aromatic rings. The highest BCUT2D eigenvalue weighted by Gasteiger charge is 2.43. The predicted octanol–water partition coefficient (Wildman–Crippen LogP) is 2.80. The van der Waals surface area contributed by atoms with E-state index in [2.05, 4.69) is 5.32 Å². The molecule has 1 rings (SSSR count). The van der Waals surface area contributed by atoms with Crippen LogP contribution >= 0.6 is 0 Å². The predicted molar refractivity (Wildman–Crippen MR) is 68.7 cm³/mol. The molecule has 0 fully saturated rings. The summed E-state index contributed by atoms with van der Waals surface area (Å²) >= 11 is 0. The summed E-state index contributed by atoms with van der Waals surface area (Å²) in [5.74, 6) is -1.16. The fourth-order valence-electron chi connectivity index (χ4n) is 1.45. The van der Waals surface area contributed by atoms with E-state index in [-0.39, 0.29) is 5.82 Å². The van der Waals surface area contributed by atoms with Crippen molar-refractivity contribution >= 4 is 5.97 Å². The molecule has 0 spiro atoms. The highest BCUT2D eigenvalue weighted by molar-refractivity contribution is 5.75. The molecule has 0 aliphatic carbocycles. The summed E-state index contributed by atoms with van der Waals surface area (Å²) in [6, 6.07) is 6.47. The molecule has 0 aliphatic rings. The fraction of sp³-hybridized carbons (Fsp3) is 0.500. The number of carbonyl (C=O) groups is 1. The standard InChI is InChI=1S/C14H20FNO2/c1-13(2,12(17)18)14(3,4)16-9-10-7-5-6-8-11(10)15/h5-8,16H,9H2,1-4H3,(H,17,18). The second kappa shape index (κ2) is 5.06. The highest BCUT2D eigenvalue weighted by Crippen LogP contribution is 2.31. The number of hydrogen-bond donors (Lipinski definition) is 2. The van der Waals surface area contributed by atoms with E-state index in [9.17, 15) is 14.3 Å². The van der Waals surface area contributed by atoms with E-state index >= 15 is 0 Å². The van der Waals surface area contributed by atoms with Gasteiger partial charge in [-0.3, -0.25) is 4.79 Å². The molecule has 0 amide bonds. The van der Waals surface area contributed by atoms with Crippen LogP contribution < -0.4 is 5.32 Å². The molecule has 0 saturated heterocycles. The minimum absolute atomic E-state index is 0.283. The zero-order valence-corrected chi connectivity index (χ0v) is 11.2. The SMILES string of the molecule is CC(C)(NCc1ccccc1F)C(C)(C)C(=O)O. The van der Waals surface area contributed by atoms with Crippen molar-refractivity contribution in [2.75, 3.05) is 0 Å². The fourth-order valence-corrected chi connectivity index (χ4v) is 1.45. The van der Waals surface area contributed by atoms with Gasteiger partial charge in [-0.05, 0) is 33.8 Å². The van der Waals surface area contributed by atoms with Gasteiger partial charge < -0.3 is 10.4 Å². The normalized spacial score (nSPS) is 12.5. The number of carboxylic acids is 1. The van der Waals surface area contributed by atoms with Crippen LogP contribution in [0.5, 0.6) is 0 Å². The van der Waals surface area contributed by atoms with E-state index < -0.39 is 16.9 Å². The summed E-state index contributed by atoms with van der Waals surface area (Å²) < 4.78 is 13.5. The first kappa shape index (κ1) is 14.6. The van der Waals surface area contributed by atoms with E-state index in [0.29, 0.717) is 12.1 Å². The summed E-state index contributed by atoms with van der Waals surface area (Å²) in [7, 11) is 0. The van der Waals surface area contributed by atoms with Crippen LogP contribution in [0.2, 0.25) is 0 Å². The molecule has 4 heteroatoms. The lowest BCUT2D eigenvalue weighted by Crippen LogP contribution is -2.54. The second-order valence-corrected chi connectivity index (χ2v) is 5.50. The van der Waals surface area contributed by atoms with Gasteiger partial charge >= 0.3 is 5.97 Å². The summed E-state index contributed by atoms with van der Waals surface area (Å²) in [6.07, 6.45) is 0. The van der Waals surface area contributed by atoms with Crippen LogP contribution in [0.25, 0.3) is 0 Å². The molecule has 100 valence electrons. The van der Waals surface area contributed by atoms with Crippen molar-refractivity contribution < 1.29 is 14.3 Å². The molecule has 0 aromatic heterocycles. The molecule has 1 aromatic carbocycles. The average Bonchev–Trinajstić information content (AvgIpc) is 2.27. The molecule has 0 aliphatic heterocycles. The van der Waals surface area contributed by atoms with Gasteiger partial charge in [0.15, 0.2) is 0 Å². The van der Waals surface area contributed by atoms with Crippen molar-refractivity contribution in [1.82, 2.24) is 5.32 Å². The van der Waals surface area contributed by atoms with Gasteiger partial charge in [0.1, 0.15) is 5.82 Å². The van der Waals surface area contributed by atoms with Crippen molar-refractivity contribution in [2.45, 2.75) is 39.8 Å². The Balaban J connectivity index is 2.80. The molecule has 3 nitrogen and oxygen atoms in total. The average molecular weight is 253 g/mol. The molecule has 0 atom stereocenters. The quantitative estimate of drug-likeness (QED) is 0.848. The van der Waals surface area contributed by atoms with E-state index in [1.165, 1.54) is 6.07 Å². The van der Waals surface area contributed by atoms with Crippen molar-refractivity contribution in [3.8, 4) is 0 Å². The maximum Gasteiger partial charge on any atom is 0.310 e. The molecule has 18 heavy (non-hydrogen) atoms. The maximum absolute atomic E-state index is 13.5. The van der Waals surface area contributed by atoms with Gasteiger partial charge in [-0.2, -0.15) is 0 Å². The van der Waals surface area contributed by atoms with Crippen LogP contribution in [0.3, 0.4) is 0 Å². The lowest BCUT2D eigenvalue weighted by molar-refractivity contribution is -0.151. The number of hydrogen-bond acceptors (Lipinski definition) is 2. The van der Waals surface area contributed by atoms with E-state index in [1.807, 2.05) is 13.8 Å². The number of carboxylic acid groups (broad SMARTS) is 1. The van der Waals surface area contributed by atoms with Crippen LogP contribution in [0.4, 0.5) is 4.39 Å². The third-order valence-corrected chi connectivity index (χ3v) is 3.78. The summed E-state index contributed by atoms with van der Waals surface area (Å²) in [5, 5.41) is 12.3. The number of nitrogens with one attached hydrogen (secondary N) is 1. The zero-order chi connectivity index (χ0) is 14.0. The van der Waals surface area contributed by atoms with Crippen molar-refractivity contribution in [2.24, 2.45) is 5.41 Å². The molecule has 0 saturated carbocycles. The van der Waals surface area contributed by atoms with Crippen LogP contribution in [0.1, 0.15) is 33.3 Å². The van der Waals surface area contributed by atoms with Gasteiger partial charge in [-0.25, -0.2) is 4.39 Å². The first-order valence-corrected chi connectivity index (χ1v) is 5.90. The first-order valence-electron chi connectivity index (χ1n) is 5.90. The molecular weight excluding hydrogens is 233 g/mol. The number of aliphatic carboxylic acids is 1. The third-order valence-electron chi connectivity index (χ3n) is 3.78. The molecule has 0 radical (unpaired) electrons. The smallest absolute Gasteiger partial charge is 0.310 e. The molecule has 2 N–H and O–H groups in total. The molecule has 0 bridgehead atoms. The Bertz CT molecular complexity index is 441. The Hall–Kier alpha value is -1.42. The lowest BCUT2D eigenvalue weighted by atomic mass is 9.74. The number of benzene rings is 1. The zero-order valence-electron chi connectivity index (χ0n) is 11.2. The Morgan fingerprint density at radius 3 is 2.33 bits per heavy atom. The monoisotopic (exact) mass is 253 g/mol. The maximum atomic E-state index is 13.5. The van der Waals surface area contributed by atoms with E-state index in [0.717, 1.165) is 0 Å². The van der Waals surface area contributed by atoms with Crippen molar-refractivity contribution in [3.63, 3.8) is 0 Å². The van der Waals surface area contributed by atoms with E-state index in [4.69, 9.17) is 0 Å². The minimum atomic E-state index is -0.946. The van der Waals surface area contributed by atoms with Crippen LogP contribution in [-0.2, 0) is 11.3 Å². The Labute approximate surface area is 107 Å². The van der Waals surface area contributed by atoms with Crippen molar-refractivity contribution in [1.29, 1.82) is 0 Å². The van der Waals surface area contributed by atoms with Gasteiger partial charge in [0.05, 0.1) is 5.41 Å². The molecule has 0 heterocycles. The largest absolute Gasteiger partial charge is 0.481 e. The Kier molecular flexibility index (Phi) is 4.12. The second-order valence-electron chi connectivity index (χ2n) is 5.50. The highest BCUT2D eigenvalue weighted by atomic mass is 19.1. The van der Waals surface area contributed by atoms with Crippen LogP contribution in [0, 0.1) is 11.2 Å². The van der Waals surface area contributed by atoms with E-state index in [1.54, 1.807) is 32.0 Å². The molecule has 0 unspecified atom stereocenters. The summed E-state index contributed by atoms with van der Waals surface area (Å²) in [6.45, 7) is 7.23. The Morgan fingerprint density at radius 2 is 1.83 bits per heavy atom. The van der Waals surface area contributed by atoms with Crippen LogP contribution in [-0.4, -0.2) is 16.6 Å². The summed E-state index contributed by atoms with van der Waals surface area (Å²) in [4.78, 5) is 11.2. The summed E-state index contributed by atoms with van der Waals surface area (Å²) in [5.41, 5.74) is -1.06.